The molecule has 0 amide bonds. The Morgan fingerprint density at radius 1 is 1.26 bits per heavy atom. The molecule has 1 heterocycles. The summed E-state index contributed by atoms with van der Waals surface area (Å²) in [6.45, 7) is 6.04. The maximum Gasteiger partial charge on any atom is 0.335 e. The first kappa shape index (κ1) is 19.3. The van der Waals surface area contributed by atoms with Crippen molar-refractivity contribution in [2.45, 2.75) is 37.3 Å². The van der Waals surface area contributed by atoms with Crippen LogP contribution in [-0.4, -0.2) is 27.5 Å². The second-order valence-electron chi connectivity index (χ2n) is 6.44. The first-order valence-electron chi connectivity index (χ1n) is 8.64. The van der Waals surface area contributed by atoms with Gasteiger partial charge in [0.05, 0.1) is 22.9 Å². The third kappa shape index (κ3) is 3.65. The van der Waals surface area contributed by atoms with Gasteiger partial charge >= 0.3 is 5.97 Å². The van der Waals surface area contributed by atoms with Crippen LogP contribution in [-0.2, 0) is 11.2 Å². The minimum Gasteiger partial charge on any atom is -0.611 e. The highest BCUT2D eigenvalue weighted by molar-refractivity contribution is 7.92. The van der Waals surface area contributed by atoms with E-state index >= 15 is 0 Å². The Hall–Kier alpha value is -2.51. The number of hydrogen-bond donors (Lipinski definition) is 1. The largest absolute Gasteiger partial charge is 0.611 e. The van der Waals surface area contributed by atoms with Gasteiger partial charge in [-0.3, -0.25) is 4.79 Å². The third-order valence-corrected chi connectivity index (χ3v) is 5.63. The van der Waals surface area contributed by atoms with Gasteiger partial charge in [0.15, 0.2) is 16.2 Å². The van der Waals surface area contributed by atoms with E-state index in [-0.39, 0.29) is 38.2 Å². The van der Waals surface area contributed by atoms with E-state index in [1.807, 2.05) is 20.8 Å². The molecule has 3 aromatic rings. The number of carboxylic acids is 1. The average Bonchev–Trinajstić information content (AvgIpc) is 2.65. The van der Waals surface area contributed by atoms with E-state index in [1.54, 1.807) is 12.1 Å². The lowest BCUT2D eigenvalue weighted by molar-refractivity contribution is 0.0697. The summed E-state index contributed by atoms with van der Waals surface area (Å²) < 4.78 is 24.2. The summed E-state index contributed by atoms with van der Waals surface area (Å²) in [5, 5.41) is 9.43. The van der Waals surface area contributed by atoms with E-state index in [9.17, 15) is 19.2 Å². The molecule has 27 heavy (non-hydrogen) atoms. The van der Waals surface area contributed by atoms with Gasteiger partial charge in [0.2, 0.25) is 5.43 Å². The fourth-order valence-corrected chi connectivity index (χ4v) is 3.74. The molecule has 7 heteroatoms. The molecule has 6 nitrogen and oxygen atoms in total. The summed E-state index contributed by atoms with van der Waals surface area (Å²) in [4.78, 5) is 24.7. The van der Waals surface area contributed by atoms with Crippen LogP contribution in [0.3, 0.4) is 0 Å². The quantitative estimate of drug-likeness (QED) is 0.507. The van der Waals surface area contributed by atoms with Gasteiger partial charge in [-0.25, -0.2) is 4.79 Å². The first-order chi connectivity index (χ1) is 12.8. The van der Waals surface area contributed by atoms with E-state index in [0.29, 0.717) is 17.3 Å². The number of aromatic carboxylic acids is 1. The molecule has 0 spiro atoms. The van der Waals surface area contributed by atoms with Crippen LogP contribution in [0, 0.1) is 0 Å². The molecule has 2 aromatic carbocycles. The molecule has 0 radical (unpaired) electrons. The van der Waals surface area contributed by atoms with Crippen LogP contribution in [0.1, 0.15) is 37.6 Å². The highest BCUT2D eigenvalue weighted by atomic mass is 32.2. The Kier molecular flexibility index (Phi) is 5.43. The highest BCUT2D eigenvalue weighted by Gasteiger charge is 2.22. The monoisotopic (exact) mass is 388 g/mol. The van der Waals surface area contributed by atoms with E-state index in [4.69, 9.17) is 9.15 Å². The summed E-state index contributed by atoms with van der Waals surface area (Å²) in [5.74, 6) is -0.766. The number of carboxylic acid groups (broad SMARTS) is 1. The van der Waals surface area contributed by atoms with Crippen molar-refractivity contribution < 1.29 is 23.6 Å². The van der Waals surface area contributed by atoms with E-state index in [2.05, 4.69) is 0 Å². The second kappa shape index (κ2) is 7.62. The molecular weight excluding hydrogens is 368 g/mol. The fraction of sp³-hybridized carbons (Fsp3) is 0.300. The molecule has 3 rings (SSSR count). The molecular formula is C20H20O6S. The normalized spacial score (nSPS) is 12.6. The van der Waals surface area contributed by atoms with Gasteiger partial charge in [-0.2, -0.15) is 0 Å². The molecule has 0 saturated heterocycles. The summed E-state index contributed by atoms with van der Waals surface area (Å²) in [5.41, 5.74) is 0.168. The van der Waals surface area contributed by atoms with Crippen LogP contribution in [0.5, 0.6) is 5.75 Å². The Morgan fingerprint density at radius 2 is 2.00 bits per heavy atom. The number of hydrogen-bond acceptors (Lipinski definition) is 5. The summed E-state index contributed by atoms with van der Waals surface area (Å²) >= 11 is -1.32. The van der Waals surface area contributed by atoms with Crippen molar-refractivity contribution in [3.63, 3.8) is 0 Å². The molecule has 142 valence electrons. The van der Waals surface area contributed by atoms with E-state index in [0.717, 1.165) is 6.42 Å². The molecule has 0 bridgehead atoms. The minimum atomic E-state index is -1.32. The fourth-order valence-electron chi connectivity index (χ4n) is 2.74. The topological polar surface area (TPSA) is 99.8 Å². The molecule has 1 aromatic heterocycles. The molecule has 0 saturated carbocycles. The molecule has 1 N–H and O–H groups in total. The lowest BCUT2D eigenvalue weighted by Crippen LogP contribution is -2.15. The van der Waals surface area contributed by atoms with Gasteiger partial charge in [-0.05, 0) is 49.6 Å². The molecule has 1 atom stereocenters. The van der Waals surface area contributed by atoms with Crippen LogP contribution in [0.4, 0.5) is 0 Å². The van der Waals surface area contributed by atoms with Crippen molar-refractivity contribution in [2.75, 3.05) is 6.61 Å². The Bertz CT molecular complexity index is 1070. The van der Waals surface area contributed by atoms with E-state index < -0.39 is 17.1 Å². The number of rotatable bonds is 6. The van der Waals surface area contributed by atoms with Crippen LogP contribution >= 0.6 is 0 Å². The average molecular weight is 388 g/mol. The SMILES string of the molecule is CCCOc1cc([S+]([O-])C(C)C)cc2c(=O)c3cc(C(=O)O)ccc3oc12. The van der Waals surface area contributed by atoms with E-state index in [1.165, 1.54) is 18.2 Å². The molecule has 0 aliphatic carbocycles. The Balaban J connectivity index is 2.34. The van der Waals surface area contributed by atoms with Crippen LogP contribution < -0.4 is 10.2 Å². The standard InChI is InChI=1S/C20H20O6S/c1-4-7-25-17-10-13(27(24)11(2)3)9-15-18(21)14-8-12(20(22)23)5-6-16(14)26-19(15)17/h5-6,8-11H,4,7H2,1-3H3,(H,22,23). The Labute approximate surface area is 158 Å². The zero-order chi connectivity index (χ0) is 19.7. The van der Waals surface area contributed by atoms with Gasteiger partial charge in [0, 0.05) is 12.1 Å². The number of carbonyl (C=O) groups is 1. The molecule has 0 fully saturated rings. The predicted octanol–water partition coefficient (Wildman–Crippen LogP) is 3.95. The van der Waals surface area contributed by atoms with Crippen LogP contribution in [0.2, 0.25) is 0 Å². The molecule has 0 aliphatic heterocycles. The van der Waals surface area contributed by atoms with Crippen molar-refractivity contribution in [2.24, 2.45) is 0 Å². The number of benzene rings is 2. The van der Waals surface area contributed by atoms with Crippen molar-refractivity contribution >= 4 is 39.1 Å². The Morgan fingerprint density at radius 3 is 2.63 bits per heavy atom. The predicted molar refractivity (Wildman–Crippen MR) is 104 cm³/mol. The smallest absolute Gasteiger partial charge is 0.335 e. The zero-order valence-corrected chi connectivity index (χ0v) is 16.1. The first-order valence-corrected chi connectivity index (χ1v) is 9.86. The maximum absolute atomic E-state index is 13.0. The zero-order valence-electron chi connectivity index (χ0n) is 15.3. The lowest BCUT2D eigenvalue weighted by Gasteiger charge is -2.16. The number of ether oxygens (including phenoxy) is 1. The van der Waals surface area contributed by atoms with Crippen molar-refractivity contribution in [3.05, 3.63) is 46.1 Å². The second-order valence-corrected chi connectivity index (χ2v) is 8.45. The summed E-state index contributed by atoms with van der Waals surface area (Å²) in [6.07, 6.45) is 0.763. The van der Waals surface area contributed by atoms with Crippen molar-refractivity contribution in [1.29, 1.82) is 0 Å². The van der Waals surface area contributed by atoms with Crippen LogP contribution in [0.15, 0.2) is 44.4 Å². The minimum absolute atomic E-state index is 0.00137. The summed E-state index contributed by atoms with van der Waals surface area (Å²) in [7, 11) is 0. The van der Waals surface area contributed by atoms with Gasteiger partial charge in [-0.15, -0.1) is 0 Å². The highest BCUT2D eigenvalue weighted by Crippen LogP contribution is 2.32. The van der Waals surface area contributed by atoms with Crippen LogP contribution in [0.25, 0.3) is 21.9 Å². The van der Waals surface area contributed by atoms with Gasteiger partial charge in [0.25, 0.3) is 0 Å². The third-order valence-electron chi connectivity index (χ3n) is 4.08. The van der Waals surface area contributed by atoms with Crippen molar-refractivity contribution in [1.82, 2.24) is 0 Å². The van der Waals surface area contributed by atoms with Crippen molar-refractivity contribution in [3.8, 4) is 5.75 Å². The lowest BCUT2D eigenvalue weighted by atomic mass is 10.1. The van der Waals surface area contributed by atoms with Gasteiger partial charge < -0.3 is 18.8 Å². The van der Waals surface area contributed by atoms with Gasteiger partial charge in [-0.1, -0.05) is 6.92 Å². The molecule has 1 unspecified atom stereocenters. The summed E-state index contributed by atoms with van der Waals surface area (Å²) in [6, 6.07) is 7.33. The maximum atomic E-state index is 13.0. The van der Waals surface area contributed by atoms with Gasteiger partial charge in [0.1, 0.15) is 10.8 Å². The molecule has 0 aliphatic rings. The number of fused-ring (bicyclic) bond motifs is 2.